The molecule has 0 spiro atoms. The third kappa shape index (κ3) is 3.63. The Labute approximate surface area is 190 Å². The lowest BCUT2D eigenvalue weighted by Gasteiger charge is -2.36. The standard InChI is InChI=1S/C25H22N6O2/c1-15-5-6-18(12-26-15)17-7-8-22-20(11-17)25(32)29-23-4-2-3-21(28-23)24-30-27-14-31(24)19-9-16(10-19)13-33-22/h2-8,11-12,14,16,19H,9-10,13H2,1H3,(H,28,29,32)/t16-,19-. The van der Waals surface area contributed by atoms with E-state index in [1.165, 1.54) is 0 Å². The summed E-state index contributed by atoms with van der Waals surface area (Å²) in [5.41, 5.74) is 3.94. The SMILES string of the molecule is Cc1ccc(-c2ccc3c(c2)C(=O)Nc2cccc(n2)-c2nncn2[C@H]2C[C@H](CO3)C2)cn1. The number of carbonyl (C=O) groups excluding carboxylic acids is 1. The van der Waals surface area contributed by atoms with Gasteiger partial charge in [-0.1, -0.05) is 18.2 Å². The van der Waals surface area contributed by atoms with Gasteiger partial charge in [-0.15, -0.1) is 10.2 Å². The van der Waals surface area contributed by atoms with Gasteiger partial charge in [-0.05, 0) is 61.6 Å². The molecule has 1 amide bonds. The molecule has 1 N–H and O–H groups in total. The van der Waals surface area contributed by atoms with Crippen LogP contribution in [0.5, 0.6) is 5.75 Å². The van der Waals surface area contributed by atoms with Crippen LogP contribution in [-0.2, 0) is 0 Å². The largest absolute Gasteiger partial charge is 0.492 e. The maximum Gasteiger partial charge on any atom is 0.260 e. The highest BCUT2D eigenvalue weighted by molar-refractivity contribution is 6.06. The molecule has 0 unspecified atom stereocenters. The van der Waals surface area contributed by atoms with Gasteiger partial charge < -0.3 is 14.6 Å². The summed E-state index contributed by atoms with van der Waals surface area (Å²) in [6.07, 6.45) is 5.51. The first kappa shape index (κ1) is 19.6. The molecule has 1 aliphatic carbocycles. The van der Waals surface area contributed by atoms with Crippen molar-refractivity contribution in [1.82, 2.24) is 24.7 Å². The van der Waals surface area contributed by atoms with Crippen molar-refractivity contribution in [2.45, 2.75) is 25.8 Å². The zero-order valence-corrected chi connectivity index (χ0v) is 18.1. The smallest absolute Gasteiger partial charge is 0.260 e. The Kier molecular flexibility index (Phi) is 4.64. The maximum atomic E-state index is 13.3. The summed E-state index contributed by atoms with van der Waals surface area (Å²) in [7, 11) is 0. The van der Waals surface area contributed by atoms with Gasteiger partial charge in [0.05, 0.1) is 12.2 Å². The second kappa shape index (κ2) is 7.81. The second-order valence-electron chi connectivity index (χ2n) is 8.63. The first-order valence-corrected chi connectivity index (χ1v) is 11.0. The van der Waals surface area contributed by atoms with Crippen LogP contribution in [0.25, 0.3) is 22.6 Å². The Morgan fingerprint density at radius 2 is 1.97 bits per heavy atom. The van der Waals surface area contributed by atoms with E-state index in [9.17, 15) is 4.79 Å². The van der Waals surface area contributed by atoms with Crippen LogP contribution in [0.4, 0.5) is 5.82 Å². The predicted molar refractivity (Wildman–Crippen MR) is 123 cm³/mol. The molecule has 2 aliphatic heterocycles. The number of aromatic nitrogens is 5. The van der Waals surface area contributed by atoms with Crippen molar-refractivity contribution in [1.29, 1.82) is 0 Å². The molecule has 7 rings (SSSR count). The number of carbonyl (C=O) groups is 1. The molecule has 1 aromatic carbocycles. The lowest BCUT2D eigenvalue weighted by molar-refractivity contribution is 0.101. The number of ether oxygens (including phenoxy) is 1. The van der Waals surface area contributed by atoms with Crippen LogP contribution in [0.3, 0.4) is 0 Å². The summed E-state index contributed by atoms with van der Waals surface area (Å²) in [6.45, 7) is 2.51. The Balaban J connectivity index is 1.41. The van der Waals surface area contributed by atoms with E-state index >= 15 is 0 Å². The first-order valence-electron chi connectivity index (χ1n) is 11.0. The van der Waals surface area contributed by atoms with E-state index in [1.54, 1.807) is 12.4 Å². The fraction of sp³-hybridized carbons (Fsp3) is 0.240. The number of nitrogens with zero attached hydrogens (tertiary/aromatic N) is 5. The zero-order chi connectivity index (χ0) is 22.4. The first-order chi connectivity index (χ1) is 16.1. The molecule has 0 saturated heterocycles. The highest BCUT2D eigenvalue weighted by Crippen LogP contribution is 2.40. The lowest BCUT2D eigenvalue weighted by Crippen LogP contribution is -2.31. The molecule has 3 aromatic heterocycles. The Hall–Kier alpha value is -4.07. The number of benzene rings is 1. The number of nitrogens with one attached hydrogen (secondary N) is 1. The van der Waals surface area contributed by atoms with E-state index in [0.29, 0.717) is 47.2 Å². The Morgan fingerprint density at radius 3 is 2.82 bits per heavy atom. The lowest BCUT2D eigenvalue weighted by atomic mass is 9.80. The van der Waals surface area contributed by atoms with Crippen molar-refractivity contribution in [2.24, 2.45) is 5.92 Å². The molecule has 0 radical (unpaired) electrons. The van der Waals surface area contributed by atoms with Gasteiger partial charge in [-0.3, -0.25) is 9.78 Å². The number of anilines is 1. The molecule has 1 saturated carbocycles. The normalized spacial score (nSPS) is 19.2. The summed E-state index contributed by atoms with van der Waals surface area (Å²) in [4.78, 5) is 22.3. The van der Waals surface area contributed by atoms with Crippen LogP contribution < -0.4 is 10.1 Å². The maximum absolute atomic E-state index is 13.3. The van der Waals surface area contributed by atoms with Gasteiger partial charge in [0, 0.05) is 23.5 Å². The fourth-order valence-corrected chi connectivity index (χ4v) is 4.43. The minimum atomic E-state index is -0.276. The van der Waals surface area contributed by atoms with Crippen molar-refractivity contribution >= 4 is 11.7 Å². The highest BCUT2D eigenvalue weighted by Gasteiger charge is 2.33. The summed E-state index contributed by atoms with van der Waals surface area (Å²) < 4.78 is 8.23. The van der Waals surface area contributed by atoms with Gasteiger partial charge in [0.2, 0.25) is 0 Å². The third-order valence-electron chi connectivity index (χ3n) is 6.34. The van der Waals surface area contributed by atoms with Crippen LogP contribution in [-0.4, -0.2) is 37.2 Å². The van der Waals surface area contributed by atoms with Crippen LogP contribution in [0.15, 0.2) is 61.1 Å². The topological polar surface area (TPSA) is 94.8 Å². The van der Waals surface area contributed by atoms with E-state index < -0.39 is 0 Å². The highest BCUT2D eigenvalue weighted by atomic mass is 16.5. The predicted octanol–water partition coefficient (Wildman–Crippen LogP) is 4.31. The average molecular weight is 438 g/mol. The van der Waals surface area contributed by atoms with Crippen molar-refractivity contribution in [2.75, 3.05) is 11.9 Å². The molecule has 5 heterocycles. The van der Waals surface area contributed by atoms with E-state index in [1.807, 2.05) is 55.6 Å². The van der Waals surface area contributed by atoms with Gasteiger partial charge >= 0.3 is 0 Å². The molecular formula is C25H22N6O2. The molecule has 0 atom stereocenters. The van der Waals surface area contributed by atoms with Gasteiger partial charge in [0.1, 0.15) is 23.6 Å². The molecule has 1 fully saturated rings. The van der Waals surface area contributed by atoms with E-state index in [-0.39, 0.29) is 5.91 Å². The Bertz CT molecular complexity index is 1340. The summed E-state index contributed by atoms with van der Waals surface area (Å²) in [5.74, 6) is 1.86. The molecule has 8 nitrogen and oxygen atoms in total. The number of rotatable bonds is 1. The fourth-order valence-electron chi connectivity index (χ4n) is 4.43. The summed E-state index contributed by atoms with van der Waals surface area (Å²) in [5, 5.41) is 11.3. The van der Waals surface area contributed by atoms with Gasteiger partial charge in [0.15, 0.2) is 5.82 Å². The average Bonchev–Trinajstić information content (AvgIpc) is 3.28. The number of amides is 1. The number of hydrogen-bond donors (Lipinski definition) is 1. The number of hydrogen-bond acceptors (Lipinski definition) is 6. The van der Waals surface area contributed by atoms with E-state index in [4.69, 9.17) is 4.74 Å². The molecule has 8 heteroatoms. The van der Waals surface area contributed by atoms with E-state index in [2.05, 4.69) is 30.0 Å². The van der Waals surface area contributed by atoms with Crippen molar-refractivity contribution < 1.29 is 9.53 Å². The minimum Gasteiger partial charge on any atom is -0.492 e. The van der Waals surface area contributed by atoms with Crippen LogP contribution >= 0.6 is 0 Å². The van der Waals surface area contributed by atoms with Gasteiger partial charge in [-0.2, -0.15) is 0 Å². The zero-order valence-electron chi connectivity index (χ0n) is 18.1. The van der Waals surface area contributed by atoms with Gasteiger partial charge in [0.25, 0.3) is 5.91 Å². The monoisotopic (exact) mass is 438 g/mol. The van der Waals surface area contributed by atoms with Crippen LogP contribution in [0.2, 0.25) is 0 Å². The summed E-state index contributed by atoms with van der Waals surface area (Å²) in [6, 6.07) is 15.5. The Morgan fingerprint density at radius 1 is 1.09 bits per heavy atom. The molecular weight excluding hydrogens is 416 g/mol. The third-order valence-corrected chi connectivity index (χ3v) is 6.34. The van der Waals surface area contributed by atoms with Crippen LogP contribution in [0.1, 0.15) is 34.9 Å². The minimum absolute atomic E-state index is 0.276. The molecule has 4 bridgehead atoms. The van der Waals surface area contributed by atoms with Crippen molar-refractivity contribution in [3.63, 3.8) is 0 Å². The van der Waals surface area contributed by atoms with Crippen molar-refractivity contribution in [3.8, 4) is 28.4 Å². The number of fused-ring (bicyclic) bond motifs is 2. The number of pyridine rings is 2. The molecule has 3 aliphatic rings. The molecule has 164 valence electrons. The summed E-state index contributed by atoms with van der Waals surface area (Å²) >= 11 is 0. The molecule has 4 aromatic rings. The van der Waals surface area contributed by atoms with E-state index in [0.717, 1.165) is 29.7 Å². The van der Waals surface area contributed by atoms with Crippen molar-refractivity contribution in [3.05, 3.63) is 72.3 Å². The van der Waals surface area contributed by atoms with Gasteiger partial charge in [-0.25, -0.2) is 4.98 Å². The number of aryl methyl sites for hydroxylation is 1. The van der Waals surface area contributed by atoms with Crippen LogP contribution in [0, 0.1) is 12.8 Å². The second-order valence-corrected chi connectivity index (χ2v) is 8.63. The quantitative estimate of drug-likeness (QED) is 0.476. The molecule has 33 heavy (non-hydrogen) atoms.